The number of amides is 1. The molecule has 0 heterocycles. The number of halogens is 1. The second-order valence-corrected chi connectivity index (χ2v) is 7.33. The zero-order valence-corrected chi connectivity index (χ0v) is 15.5. The molecule has 7 heteroatoms. The Kier molecular flexibility index (Phi) is 8.09. The van der Waals surface area contributed by atoms with Crippen LogP contribution in [-0.4, -0.2) is 29.8 Å². The van der Waals surface area contributed by atoms with E-state index >= 15 is 0 Å². The van der Waals surface area contributed by atoms with Gasteiger partial charge in [-0.15, -0.1) is 11.8 Å². The Morgan fingerprint density at radius 1 is 1.38 bits per heavy atom. The summed E-state index contributed by atoms with van der Waals surface area (Å²) >= 11 is 7.31. The van der Waals surface area contributed by atoms with Crippen molar-refractivity contribution in [2.24, 2.45) is 5.92 Å². The Hall–Kier alpha value is -1.71. The summed E-state index contributed by atoms with van der Waals surface area (Å²) in [7, 11) is 0. The van der Waals surface area contributed by atoms with Gasteiger partial charge in [-0.3, -0.25) is 9.59 Å². The topological polar surface area (TPSA) is 79.2 Å². The summed E-state index contributed by atoms with van der Waals surface area (Å²) in [5.41, 5.74) is -0.978. The van der Waals surface area contributed by atoms with Crippen molar-refractivity contribution in [2.45, 2.75) is 37.6 Å². The van der Waals surface area contributed by atoms with Crippen LogP contribution in [-0.2, 0) is 14.3 Å². The zero-order chi connectivity index (χ0) is 18.2. The molecule has 0 bridgehead atoms. The summed E-state index contributed by atoms with van der Waals surface area (Å²) in [6.45, 7) is 4.93. The van der Waals surface area contributed by atoms with Gasteiger partial charge in [0, 0.05) is 15.7 Å². The van der Waals surface area contributed by atoms with Crippen molar-refractivity contribution in [3.05, 3.63) is 29.3 Å². The van der Waals surface area contributed by atoms with Gasteiger partial charge in [0.2, 0.25) is 0 Å². The van der Waals surface area contributed by atoms with E-state index in [1.165, 1.54) is 11.8 Å². The predicted octanol–water partition coefficient (Wildman–Crippen LogP) is 3.42. The number of carbonyl (C=O) groups is 2. The van der Waals surface area contributed by atoms with Gasteiger partial charge in [-0.05, 0) is 37.1 Å². The number of hydrogen-bond acceptors (Lipinski definition) is 5. The van der Waals surface area contributed by atoms with Crippen molar-refractivity contribution in [2.75, 3.05) is 12.4 Å². The van der Waals surface area contributed by atoms with E-state index in [0.717, 1.165) is 4.90 Å². The van der Waals surface area contributed by atoms with Gasteiger partial charge in [0.05, 0.1) is 12.5 Å². The smallest absolute Gasteiger partial charge is 0.307 e. The first-order valence-electron chi connectivity index (χ1n) is 7.53. The summed E-state index contributed by atoms with van der Waals surface area (Å²) < 4.78 is 4.94. The standard InChI is InChI=1S/C17H21ClN2O3S/c1-12(2)17(3,11-19)20-15(21)10-23-16(22)8-9-24-14-6-4-13(18)5-7-14/h4-7,12H,8-10H2,1-3H3,(H,20,21)/t17-/m1/s1. The molecule has 0 spiro atoms. The molecule has 5 nitrogen and oxygen atoms in total. The quantitative estimate of drug-likeness (QED) is 0.561. The van der Waals surface area contributed by atoms with Gasteiger partial charge in [-0.1, -0.05) is 25.4 Å². The highest BCUT2D eigenvalue weighted by molar-refractivity contribution is 7.99. The van der Waals surface area contributed by atoms with Crippen LogP contribution >= 0.6 is 23.4 Å². The first-order valence-corrected chi connectivity index (χ1v) is 8.89. The van der Waals surface area contributed by atoms with Gasteiger partial charge < -0.3 is 10.1 Å². The van der Waals surface area contributed by atoms with E-state index < -0.39 is 17.4 Å². The number of carbonyl (C=O) groups excluding carboxylic acids is 2. The lowest BCUT2D eigenvalue weighted by Gasteiger charge is -2.27. The van der Waals surface area contributed by atoms with Gasteiger partial charge in [-0.2, -0.15) is 5.26 Å². The molecule has 0 aromatic heterocycles. The number of ether oxygens (including phenoxy) is 1. The monoisotopic (exact) mass is 368 g/mol. The zero-order valence-electron chi connectivity index (χ0n) is 14.0. The average molecular weight is 369 g/mol. The van der Waals surface area contributed by atoms with Crippen LogP contribution in [0.25, 0.3) is 0 Å². The van der Waals surface area contributed by atoms with Gasteiger partial charge in [0.1, 0.15) is 5.54 Å². The van der Waals surface area contributed by atoms with Gasteiger partial charge in [0.15, 0.2) is 6.61 Å². The van der Waals surface area contributed by atoms with E-state index in [1.54, 1.807) is 19.1 Å². The SMILES string of the molecule is CC(C)[C@@](C)(C#N)NC(=O)COC(=O)CCSc1ccc(Cl)cc1. The van der Waals surface area contributed by atoms with Crippen LogP contribution in [0.4, 0.5) is 0 Å². The molecule has 1 N–H and O–H groups in total. The van der Waals surface area contributed by atoms with E-state index in [2.05, 4.69) is 11.4 Å². The third kappa shape index (κ3) is 6.81. The predicted molar refractivity (Wildman–Crippen MR) is 94.8 cm³/mol. The van der Waals surface area contributed by atoms with Crippen molar-refractivity contribution in [1.29, 1.82) is 5.26 Å². The lowest BCUT2D eigenvalue weighted by Crippen LogP contribution is -2.50. The minimum atomic E-state index is -0.978. The number of nitriles is 1. The molecule has 0 saturated heterocycles. The van der Waals surface area contributed by atoms with Gasteiger partial charge >= 0.3 is 5.97 Å². The molecule has 0 unspecified atom stereocenters. The maximum absolute atomic E-state index is 11.8. The van der Waals surface area contributed by atoms with E-state index in [-0.39, 0.29) is 18.9 Å². The normalized spacial score (nSPS) is 13.0. The molecular weight excluding hydrogens is 348 g/mol. The minimum absolute atomic E-state index is 0.0575. The number of nitrogens with one attached hydrogen (secondary N) is 1. The molecule has 0 aliphatic heterocycles. The highest BCUT2D eigenvalue weighted by atomic mass is 35.5. The fourth-order valence-corrected chi connectivity index (χ4v) is 2.59. The van der Waals surface area contributed by atoms with Crippen molar-refractivity contribution in [3.8, 4) is 6.07 Å². The molecule has 1 aromatic rings. The maximum atomic E-state index is 11.8. The summed E-state index contributed by atoms with van der Waals surface area (Å²) in [4.78, 5) is 24.5. The fourth-order valence-electron chi connectivity index (χ4n) is 1.63. The molecule has 0 aliphatic rings. The second-order valence-electron chi connectivity index (χ2n) is 5.73. The molecule has 1 rings (SSSR count). The van der Waals surface area contributed by atoms with Crippen LogP contribution in [0.15, 0.2) is 29.2 Å². The van der Waals surface area contributed by atoms with Crippen molar-refractivity contribution >= 4 is 35.2 Å². The third-order valence-corrected chi connectivity index (χ3v) is 4.80. The molecule has 1 aromatic carbocycles. The van der Waals surface area contributed by atoms with Crippen molar-refractivity contribution in [1.82, 2.24) is 5.32 Å². The molecule has 0 fully saturated rings. The number of nitrogens with zero attached hydrogens (tertiary/aromatic N) is 1. The van der Waals surface area contributed by atoms with Crippen LogP contribution in [0.2, 0.25) is 5.02 Å². The number of hydrogen-bond donors (Lipinski definition) is 1. The fraction of sp³-hybridized carbons (Fsp3) is 0.471. The van der Waals surface area contributed by atoms with E-state index in [0.29, 0.717) is 10.8 Å². The number of rotatable bonds is 8. The Labute approximate surface area is 151 Å². The molecule has 130 valence electrons. The van der Waals surface area contributed by atoms with E-state index in [4.69, 9.17) is 21.6 Å². The highest BCUT2D eigenvalue weighted by Crippen LogP contribution is 2.21. The minimum Gasteiger partial charge on any atom is -0.456 e. The van der Waals surface area contributed by atoms with Crippen LogP contribution in [0.1, 0.15) is 27.2 Å². The Balaban J connectivity index is 2.29. The van der Waals surface area contributed by atoms with Crippen LogP contribution in [0.5, 0.6) is 0 Å². The maximum Gasteiger partial charge on any atom is 0.307 e. The summed E-state index contributed by atoms with van der Waals surface area (Å²) in [6, 6.07) is 9.39. The summed E-state index contributed by atoms with van der Waals surface area (Å²) in [5.74, 6) is -0.441. The molecule has 1 amide bonds. The summed E-state index contributed by atoms with van der Waals surface area (Å²) in [5, 5.41) is 12.4. The van der Waals surface area contributed by atoms with Crippen LogP contribution in [0.3, 0.4) is 0 Å². The molecule has 0 saturated carbocycles. The summed E-state index contributed by atoms with van der Waals surface area (Å²) in [6.07, 6.45) is 0.195. The molecule has 24 heavy (non-hydrogen) atoms. The largest absolute Gasteiger partial charge is 0.456 e. The third-order valence-electron chi connectivity index (χ3n) is 3.54. The van der Waals surface area contributed by atoms with Gasteiger partial charge in [0.25, 0.3) is 5.91 Å². The first-order chi connectivity index (χ1) is 11.3. The number of thioether (sulfide) groups is 1. The molecule has 1 atom stereocenters. The van der Waals surface area contributed by atoms with E-state index in [1.807, 2.05) is 26.0 Å². The van der Waals surface area contributed by atoms with Crippen molar-refractivity contribution < 1.29 is 14.3 Å². The van der Waals surface area contributed by atoms with E-state index in [9.17, 15) is 9.59 Å². The van der Waals surface area contributed by atoms with Gasteiger partial charge in [-0.25, -0.2) is 0 Å². The molecule has 0 radical (unpaired) electrons. The number of benzene rings is 1. The van der Waals surface area contributed by atoms with Crippen molar-refractivity contribution in [3.63, 3.8) is 0 Å². The van der Waals surface area contributed by atoms with Crippen LogP contribution < -0.4 is 5.32 Å². The Morgan fingerprint density at radius 2 is 2.00 bits per heavy atom. The first kappa shape index (κ1) is 20.3. The highest BCUT2D eigenvalue weighted by Gasteiger charge is 2.30. The lowest BCUT2D eigenvalue weighted by atomic mass is 9.90. The average Bonchev–Trinajstić information content (AvgIpc) is 2.54. The second kappa shape index (κ2) is 9.55. The Bertz CT molecular complexity index is 613. The number of esters is 1. The Morgan fingerprint density at radius 3 is 2.54 bits per heavy atom. The van der Waals surface area contributed by atoms with Crippen LogP contribution in [0, 0.1) is 17.2 Å². The lowest BCUT2D eigenvalue weighted by molar-refractivity contribution is -0.148. The molecule has 0 aliphatic carbocycles. The molecular formula is C17H21ClN2O3S.